The van der Waals surface area contributed by atoms with Crippen molar-refractivity contribution in [3.8, 4) is 23.3 Å². The number of methoxy groups -OCH3 is 1. The van der Waals surface area contributed by atoms with Crippen molar-refractivity contribution in [3.63, 3.8) is 0 Å². The fraction of sp³-hybridized carbons (Fsp3) is 0.417. The van der Waals surface area contributed by atoms with E-state index in [4.69, 9.17) is 14.2 Å². The molecule has 0 saturated carbocycles. The van der Waals surface area contributed by atoms with Gasteiger partial charge in [-0.15, -0.1) is 0 Å². The van der Waals surface area contributed by atoms with E-state index in [2.05, 4.69) is 13.0 Å². The number of benzene rings is 2. The van der Waals surface area contributed by atoms with Crippen molar-refractivity contribution in [2.45, 2.75) is 51.9 Å². The molecule has 0 aromatic heterocycles. The quantitative estimate of drug-likeness (QED) is 0.381. The number of aryl methyl sites for hydroxylation is 1. The fourth-order valence-corrected chi connectivity index (χ4v) is 3.34. The molecule has 0 bridgehead atoms. The van der Waals surface area contributed by atoms with Gasteiger partial charge >= 0.3 is 5.97 Å². The SMILES string of the molecule is CCCCCC(C#N)(C(=O)OCC)c1cccc(Oc2ccccc2C)c1OC. The summed E-state index contributed by atoms with van der Waals surface area (Å²) in [4.78, 5) is 12.9. The van der Waals surface area contributed by atoms with Crippen LogP contribution in [0.5, 0.6) is 17.2 Å². The minimum atomic E-state index is -1.44. The van der Waals surface area contributed by atoms with Gasteiger partial charge in [-0.25, -0.2) is 4.79 Å². The Labute approximate surface area is 173 Å². The van der Waals surface area contributed by atoms with Crippen molar-refractivity contribution in [2.75, 3.05) is 13.7 Å². The number of unbranched alkanes of at least 4 members (excludes halogenated alkanes) is 2. The minimum absolute atomic E-state index is 0.206. The van der Waals surface area contributed by atoms with Crippen LogP contribution >= 0.6 is 0 Å². The molecule has 0 aliphatic rings. The average molecular weight is 395 g/mol. The summed E-state index contributed by atoms with van der Waals surface area (Å²) in [6.45, 7) is 5.98. The maximum Gasteiger partial charge on any atom is 0.331 e. The van der Waals surface area contributed by atoms with Crippen molar-refractivity contribution in [1.82, 2.24) is 0 Å². The van der Waals surface area contributed by atoms with Gasteiger partial charge in [0.1, 0.15) is 5.75 Å². The topological polar surface area (TPSA) is 68.6 Å². The monoisotopic (exact) mass is 395 g/mol. The van der Waals surface area contributed by atoms with Gasteiger partial charge in [0.25, 0.3) is 0 Å². The fourth-order valence-electron chi connectivity index (χ4n) is 3.34. The third kappa shape index (κ3) is 4.89. The van der Waals surface area contributed by atoms with Crippen LogP contribution in [0.4, 0.5) is 0 Å². The Kier molecular flexibility index (Phi) is 8.09. The lowest BCUT2D eigenvalue weighted by atomic mass is 9.76. The van der Waals surface area contributed by atoms with Crippen LogP contribution in [0.2, 0.25) is 0 Å². The molecule has 0 spiro atoms. The molecule has 0 radical (unpaired) electrons. The highest BCUT2D eigenvalue weighted by Gasteiger charge is 2.44. The Morgan fingerprint density at radius 3 is 2.41 bits per heavy atom. The van der Waals surface area contributed by atoms with E-state index in [0.717, 1.165) is 24.8 Å². The van der Waals surface area contributed by atoms with E-state index < -0.39 is 11.4 Å². The van der Waals surface area contributed by atoms with Crippen molar-refractivity contribution in [1.29, 1.82) is 5.26 Å². The molecule has 1 atom stereocenters. The zero-order chi connectivity index (χ0) is 21.3. The van der Waals surface area contributed by atoms with E-state index in [1.54, 1.807) is 25.1 Å². The molecule has 0 heterocycles. The summed E-state index contributed by atoms with van der Waals surface area (Å²) in [6.07, 6.45) is 3.00. The molecule has 29 heavy (non-hydrogen) atoms. The summed E-state index contributed by atoms with van der Waals surface area (Å²) in [5.41, 5.74) is 0.00437. The molecule has 0 amide bonds. The van der Waals surface area contributed by atoms with E-state index in [1.165, 1.54) is 7.11 Å². The lowest BCUT2D eigenvalue weighted by molar-refractivity contribution is -0.148. The van der Waals surface area contributed by atoms with Crippen LogP contribution in [-0.4, -0.2) is 19.7 Å². The number of rotatable bonds is 10. The Balaban J connectivity index is 2.57. The van der Waals surface area contributed by atoms with E-state index in [-0.39, 0.29) is 6.61 Å². The van der Waals surface area contributed by atoms with Gasteiger partial charge in [0.15, 0.2) is 16.9 Å². The van der Waals surface area contributed by atoms with Crippen LogP contribution in [0.3, 0.4) is 0 Å². The summed E-state index contributed by atoms with van der Waals surface area (Å²) in [6, 6.07) is 15.2. The van der Waals surface area contributed by atoms with Crippen LogP contribution in [0.1, 0.15) is 50.7 Å². The first-order valence-electron chi connectivity index (χ1n) is 10.0. The van der Waals surface area contributed by atoms with Crippen LogP contribution in [0, 0.1) is 18.3 Å². The van der Waals surface area contributed by atoms with Gasteiger partial charge in [-0.2, -0.15) is 5.26 Å². The second-order valence-corrected chi connectivity index (χ2v) is 6.90. The first-order chi connectivity index (χ1) is 14.0. The van der Waals surface area contributed by atoms with Crippen LogP contribution in [0.25, 0.3) is 0 Å². The lowest BCUT2D eigenvalue weighted by Gasteiger charge is -2.27. The first-order valence-corrected chi connectivity index (χ1v) is 10.0. The van der Waals surface area contributed by atoms with Crippen LogP contribution < -0.4 is 9.47 Å². The molecule has 0 saturated heterocycles. The molecule has 2 rings (SSSR count). The van der Waals surface area contributed by atoms with Gasteiger partial charge in [-0.05, 0) is 38.0 Å². The highest BCUT2D eigenvalue weighted by Crippen LogP contribution is 2.43. The lowest BCUT2D eigenvalue weighted by Crippen LogP contribution is -2.36. The molecular weight excluding hydrogens is 366 g/mol. The number of esters is 1. The molecular formula is C24H29NO4. The molecule has 0 fully saturated rings. The smallest absolute Gasteiger partial charge is 0.331 e. The molecule has 0 aliphatic heterocycles. The summed E-state index contributed by atoms with van der Waals surface area (Å²) in [5.74, 6) is 0.970. The third-order valence-corrected chi connectivity index (χ3v) is 4.93. The summed E-state index contributed by atoms with van der Waals surface area (Å²) in [5, 5.41) is 10.1. The molecule has 1 unspecified atom stereocenters. The number of nitriles is 1. The number of hydrogen-bond donors (Lipinski definition) is 0. The van der Waals surface area contributed by atoms with Crippen molar-refractivity contribution in [2.24, 2.45) is 0 Å². The zero-order valence-electron chi connectivity index (χ0n) is 17.7. The highest BCUT2D eigenvalue weighted by atomic mass is 16.5. The average Bonchev–Trinajstić information content (AvgIpc) is 2.73. The highest BCUT2D eigenvalue weighted by molar-refractivity contribution is 5.88. The number of para-hydroxylation sites is 2. The number of carbonyl (C=O) groups is 1. The number of hydrogen-bond acceptors (Lipinski definition) is 5. The van der Waals surface area contributed by atoms with E-state index in [9.17, 15) is 10.1 Å². The van der Waals surface area contributed by atoms with Crippen LogP contribution in [0.15, 0.2) is 42.5 Å². The molecule has 2 aromatic carbocycles. The van der Waals surface area contributed by atoms with Gasteiger partial charge in [0.05, 0.1) is 19.8 Å². The third-order valence-electron chi connectivity index (χ3n) is 4.93. The maximum atomic E-state index is 12.9. The Morgan fingerprint density at radius 2 is 1.79 bits per heavy atom. The number of nitrogens with zero attached hydrogens (tertiary/aromatic N) is 1. The minimum Gasteiger partial charge on any atom is -0.492 e. The van der Waals surface area contributed by atoms with E-state index in [1.807, 2.05) is 31.2 Å². The molecule has 2 aromatic rings. The Hall–Kier alpha value is -3.00. The Morgan fingerprint density at radius 1 is 1.07 bits per heavy atom. The second-order valence-electron chi connectivity index (χ2n) is 6.90. The van der Waals surface area contributed by atoms with E-state index >= 15 is 0 Å². The molecule has 0 aliphatic carbocycles. The molecule has 0 N–H and O–H groups in total. The largest absolute Gasteiger partial charge is 0.492 e. The first kappa shape index (κ1) is 22.3. The molecule has 154 valence electrons. The van der Waals surface area contributed by atoms with Gasteiger partial charge in [0, 0.05) is 5.56 Å². The molecule has 5 heteroatoms. The summed E-state index contributed by atoms with van der Waals surface area (Å²) in [7, 11) is 1.52. The summed E-state index contributed by atoms with van der Waals surface area (Å²) >= 11 is 0. The van der Waals surface area contributed by atoms with Crippen molar-refractivity contribution >= 4 is 5.97 Å². The van der Waals surface area contributed by atoms with Gasteiger partial charge in [0.2, 0.25) is 0 Å². The normalized spacial score (nSPS) is 12.5. The van der Waals surface area contributed by atoms with Gasteiger partial charge in [-0.1, -0.05) is 56.5 Å². The van der Waals surface area contributed by atoms with E-state index in [0.29, 0.717) is 29.2 Å². The van der Waals surface area contributed by atoms with Gasteiger partial charge < -0.3 is 14.2 Å². The van der Waals surface area contributed by atoms with Crippen molar-refractivity contribution in [3.05, 3.63) is 53.6 Å². The number of carbonyl (C=O) groups excluding carboxylic acids is 1. The summed E-state index contributed by atoms with van der Waals surface area (Å²) < 4.78 is 17.0. The van der Waals surface area contributed by atoms with Crippen molar-refractivity contribution < 1.29 is 19.0 Å². The Bertz CT molecular complexity index is 871. The standard InChI is InChI=1S/C24H29NO4/c1-5-7-10-16-24(17-25,23(26)28-6-2)19-13-11-15-21(22(19)27-4)29-20-14-9-8-12-18(20)3/h8-9,11-15H,5-7,10,16H2,1-4H3. The van der Waals surface area contributed by atoms with Gasteiger partial charge in [-0.3, -0.25) is 0 Å². The predicted octanol–water partition coefficient (Wildman–Crippen LogP) is 5.70. The predicted molar refractivity (Wildman–Crippen MR) is 112 cm³/mol. The number of ether oxygens (including phenoxy) is 3. The zero-order valence-corrected chi connectivity index (χ0v) is 17.7. The molecule has 5 nitrogen and oxygen atoms in total. The maximum absolute atomic E-state index is 12.9. The van der Waals surface area contributed by atoms with Crippen LogP contribution in [-0.2, 0) is 14.9 Å². The second kappa shape index (κ2) is 10.5.